The Kier molecular flexibility index (Phi) is 2.82. The molecule has 2 rings (SSSR count). The predicted molar refractivity (Wildman–Crippen MR) is 63.0 cm³/mol. The molecule has 0 heterocycles. The molecular weight excluding hydrogens is 187 g/mol. The first kappa shape index (κ1) is 9.91. The number of hydrogen-bond donors (Lipinski definition) is 0. The van der Waals surface area contributed by atoms with Gasteiger partial charge in [-0.2, -0.15) is 0 Å². The molecule has 2 aromatic carbocycles. The van der Waals surface area contributed by atoms with Gasteiger partial charge in [-0.3, -0.25) is 0 Å². The molecule has 0 N–H and O–H groups in total. The van der Waals surface area contributed by atoms with Crippen LogP contribution in [0.15, 0.2) is 48.5 Å². The highest BCUT2D eigenvalue weighted by Gasteiger charge is 2.04. The zero-order chi connectivity index (χ0) is 10.7. The van der Waals surface area contributed by atoms with Crippen molar-refractivity contribution in [2.75, 3.05) is 0 Å². The molecule has 0 unspecified atom stereocenters. The molecule has 0 fully saturated rings. The molecule has 1 heteroatoms. The average Bonchev–Trinajstić information content (AvgIpc) is 2.31. The minimum Gasteiger partial charge on any atom is -0.239 e. The van der Waals surface area contributed by atoms with E-state index < -0.39 is 0 Å². The van der Waals surface area contributed by atoms with Crippen molar-refractivity contribution in [1.82, 2.24) is 0 Å². The Morgan fingerprint density at radius 3 is 2.53 bits per heavy atom. The van der Waals surface area contributed by atoms with E-state index in [4.69, 9.17) is 0 Å². The van der Waals surface area contributed by atoms with Crippen molar-refractivity contribution < 1.29 is 4.39 Å². The van der Waals surface area contributed by atoms with Crippen molar-refractivity contribution >= 4 is 16.3 Å². The van der Waals surface area contributed by atoms with E-state index in [1.807, 2.05) is 49.4 Å². The fraction of sp³-hybridized carbons (Fsp3) is 0.0714. The largest absolute Gasteiger partial charge is 0.239 e. The summed E-state index contributed by atoms with van der Waals surface area (Å²) in [4.78, 5) is 0. The molecule has 0 atom stereocenters. The van der Waals surface area contributed by atoms with Gasteiger partial charge < -0.3 is 0 Å². The van der Waals surface area contributed by atoms with E-state index in [0.717, 1.165) is 16.3 Å². The molecule has 0 aromatic heterocycles. The standard InChI is InChI=1S/C14H12F/c1-2-11(10-15)13-9-5-7-12-6-3-4-8-14(12)13/h2-10H,1H3/b11-2-. The molecular formula is C14H12F. The third kappa shape index (κ3) is 1.78. The van der Waals surface area contributed by atoms with Gasteiger partial charge in [0.2, 0.25) is 0 Å². The maximum Gasteiger partial charge on any atom is 0.161 e. The first-order valence-corrected chi connectivity index (χ1v) is 4.94. The molecule has 0 saturated heterocycles. The summed E-state index contributed by atoms with van der Waals surface area (Å²) < 4.78 is 12.7. The smallest absolute Gasteiger partial charge is 0.161 e. The minimum atomic E-state index is 0.631. The Hall–Kier alpha value is -1.63. The fourth-order valence-corrected chi connectivity index (χ4v) is 1.75. The summed E-state index contributed by atoms with van der Waals surface area (Å²) in [6, 6.07) is 13.9. The van der Waals surface area contributed by atoms with Crippen LogP contribution in [0.1, 0.15) is 12.5 Å². The van der Waals surface area contributed by atoms with Crippen molar-refractivity contribution in [3.63, 3.8) is 0 Å². The summed E-state index contributed by atoms with van der Waals surface area (Å²) in [5.74, 6) is 0. The first-order valence-electron chi connectivity index (χ1n) is 4.94. The van der Waals surface area contributed by atoms with Crippen LogP contribution < -0.4 is 0 Å². The van der Waals surface area contributed by atoms with Gasteiger partial charge in [0.1, 0.15) is 0 Å². The Balaban J connectivity index is 2.71. The van der Waals surface area contributed by atoms with Gasteiger partial charge in [0.05, 0.1) is 0 Å². The highest BCUT2D eigenvalue weighted by atomic mass is 19.1. The molecule has 0 saturated carbocycles. The Bertz CT molecular complexity index is 492. The van der Waals surface area contributed by atoms with Crippen LogP contribution in [0, 0.1) is 6.67 Å². The lowest BCUT2D eigenvalue weighted by atomic mass is 9.99. The second-order valence-corrected chi connectivity index (χ2v) is 3.38. The monoisotopic (exact) mass is 199 g/mol. The van der Waals surface area contributed by atoms with Crippen LogP contribution in [0.4, 0.5) is 4.39 Å². The molecule has 0 amide bonds. The van der Waals surface area contributed by atoms with Gasteiger partial charge in [-0.25, -0.2) is 4.39 Å². The second-order valence-electron chi connectivity index (χ2n) is 3.38. The number of allylic oxidation sites excluding steroid dienone is 2. The summed E-state index contributed by atoms with van der Waals surface area (Å²) in [5.41, 5.74) is 1.57. The SMILES string of the molecule is C/C=C(/[CH]F)c1cccc2ccccc12. The van der Waals surface area contributed by atoms with Crippen LogP contribution in [0.3, 0.4) is 0 Å². The van der Waals surface area contributed by atoms with Crippen LogP contribution in [-0.2, 0) is 0 Å². The van der Waals surface area contributed by atoms with Crippen LogP contribution in [-0.4, -0.2) is 0 Å². The lowest BCUT2D eigenvalue weighted by molar-refractivity contribution is 0.663. The number of benzene rings is 2. The van der Waals surface area contributed by atoms with Crippen LogP contribution in [0.5, 0.6) is 0 Å². The highest BCUT2D eigenvalue weighted by molar-refractivity contribution is 5.94. The van der Waals surface area contributed by atoms with Gasteiger partial charge in [-0.15, -0.1) is 0 Å². The van der Waals surface area contributed by atoms with Crippen molar-refractivity contribution in [3.05, 3.63) is 60.8 Å². The maximum absolute atomic E-state index is 12.7. The molecule has 0 spiro atoms. The van der Waals surface area contributed by atoms with E-state index in [2.05, 4.69) is 0 Å². The molecule has 0 bridgehead atoms. The molecule has 2 aromatic rings. The Morgan fingerprint density at radius 1 is 1.07 bits per heavy atom. The van der Waals surface area contributed by atoms with Crippen molar-refractivity contribution in [2.24, 2.45) is 0 Å². The van der Waals surface area contributed by atoms with E-state index in [1.165, 1.54) is 0 Å². The molecule has 0 nitrogen and oxygen atoms in total. The average molecular weight is 199 g/mol. The van der Waals surface area contributed by atoms with Crippen molar-refractivity contribution in [1.29, 1.82) is 0 Å². The van der Waals surface area contributed by atoms with Crippen LogP contribution >= 0.6 is 0 Å². The summed E-state index contributed by atoms with van der Waals surface area (Å²) in [5, 5.41) is 2.22. The Morgan fingerprint density at radius 2 is 1.80 bits per heavy atom. The quantitative estimate of drug-likeness (QED) is 0.673. The lowest BCUT2D eigenvalue weighted by Gasteiger charge is -2.06. The van der Waals surface area contributed by atoms with E-state index in [-0.39, 0.29) is 0 Å². The molecule has 0 aliphatic carbocycles. The predicted octanol–water partition coefficient (Wildman–Crippen LogP) is 4.37. The summed E-state index contributed by atoms with van der Waals surface area (Å²) in [6.07, 6.45) is 1.78. The van der Waals surface area contributed by atoms with Crippen LogP contribution in [0.2, 0.25) is 0 Å². The van der Waals surface area contributed by atoms with E-state index in [9.17, 15) is 4.39 Å². The van der Waals surface area contributed by atoms with Gasteiger partial charge >= 0.3 is 0 Å². The zero-order valence-corrected chi connectivity index (χ0v) is 8.57. The second kappa shape index (κ2) is 4.26. The normalized spacial score (nSPS) is 12.0. The van der Waals surface area contributed by atoms with Gasteiger partial charge in [0.25, 0.3) is 0 Å². The molecule has 75 valence electrons. The number of rotatable bonds is 2. The van der Waals surface area contributed by atoms with E-state index >= 15 is 0 Å². The highest BCUT2D eigenvalue weighted by Crippen LogP contribution is 2.26. The number of hydrogen-bond acceptors (Lipinski definition) is 0. The lowest BCUT2D eigenvalue weighted by Crippen LogP contribution is -1.84. The van der Waals surface area contributed by atoms with E-state index in [1.54, 1.807) is 6.08 Å². The zero-order valence-electron chi connectivity index (χ0n) is 8.57. The van der Waals surface area contributed by atoms with Gasteiger partial charge in [0, 0.05) is 0 Å². The topological polar surface area (TPSA) is 0 Å². The van der Waals surface area contributed by atoms with Gasteiger partial charge in [-0.05, 0) is 28.8 Å². The molecule has 15 heavy (non-hydrogen) atoms. The van der Waals surface area contributed by atoms with Gasteiger partial charge in [0.15, 0.2) is 6.67 Å². The third-order valence-corrected chi connectivity index (χ3v) is 2.53. The fourth-order valence-electron chi connectivity index (χ4n) is 1.75. The summed E-state index contributed by atoms with van der Waals surface area (Å²) >= 11 is 0. The molecule has 0 aliphatic heterocycles. The summed E-state index contributed by atoms with van der Waals surface area (Å²) in [6.45, 7) is 2.50. The first-order chi connectivity index (χ1) is 7.36. The van der Waals surface area contributed by atoms with Crippen molar-refractivity contribution in [3.8, 4) is 0 Å². The molecule has 0 aliphatic rings. The Labute approximate surface area is 89.0 Å². The minimum absolute atomic E-state index is 0.631. The number of halogens is 1. The van der Waals surface area contributed by atoms with Gasteiger partial charge in [-0.1, -0.05) is 48.5 Å². The third-order valence-electron chi connectivity index (χ3n) is 2.53. The maximum atomic E-state index is 12.7. The van der Waals surface area contributed by atoms with Crippen molar-refractivity contribution in [2.45, 2.75) is 6.92 Å². The summed E-state index contributed by atoms with van der Waals surface area (Å²) in [7, 11) is 0. The number of fused-ring (bicyclic) bond motifs is 1. The van der Waals surface area contributed by atoms with Crippen LogP contribution in [0.25, 0.3) is 16.3 Å². The molecule has 1 radical (unpaired) electrons. The van der Waals surface area contributed by atoms with E-state index in [0.29, 0.717) is 12.2 Å².